The Morgan fingerprint density at radius 2 is 2.40 bits per heavy atom. The molecule has 15 heavy (non-hydrogen) atoms. The summed E-state index contributed by atoms with van der Waals surface area (Å²) >= 11 is 3.29. The predicted molar refractivity (Wildman–Crippen MR) is 61.9 cm³/mol. The summed E-state index contributed by atoms with van der Waals surface area (Å²) in [5.74, 6) is -0.0274. The fourth-order valence-electron chi connectivity index (χ4n) is 1.14. The molecule has 0 aromatic carbocycles. The maximum absolute atomic E-state index is 11.8. The zero-order valence-corrected chi connectivity index (χ0v) is 10.5. The highest BCUT2D eigenvalue weighted by atomic mass is 79.9. The van der Waals surface area contributed by atoms with Gasteiger partial charge in [0.1, 0.15) is 5.69 Å². The van der Waals surface area contributed by atoms with Gasteiger partial charge in [0.2, 0.25) is 0 Å². The molecule has 0 atom stereocenters. The number of carbonyl (C=O) groups excluding carboxylic acids is 1. The molecular weight excluding hydrogens is 260 g/mol. The molecule has 0 spiro atoms. The minimum atomic E-state index is -0.0274. The van der Waals surface area contributed by atoms with E-state index in [-0.39, 0.29) is 5.91 Å². The zero-order chi connectivity index (χ0) is 11.3. The number of halogens is 1. The third-order valence-corrected chi connectivity index (χ3v) is 2.46. The van der Waals surface area contributed by atoms with E-state index in [9.17, 15) is 4.79 Å². The molecule has 1 aromatic heterocycles. The van der Waals surface area contributed by atoms with E-state index in [0.29, 0.717) is 25.5 Å². The molecule has 1 amide bonds. The van der Waals surface area contributed by atoms with E-state index in [4.69, 9.17) is 4.74 Å². The van der Waals surface area contributed by atoms with Crippen LogP contribution in [0.25, 0.3) is 0 Å². The van der Waals surface area contributed by atoms with Crippen molar-refractivity contribution in [1.82, 2.24) is 9.88 Å². The number of ether oxygens (including phenoxy) is 1. The molecule has 0 radical (unpaired) electrons. The quantitative estimate of drug-likeness (QED) is 0.834. The third kappa shape index (κ3) is 3.68. The molecule has 5 heteroatoms. The summed E-state index contributed by atoms with van der Waals surface area (Å²) in [4.78, 5) is 16.3. The van der Waals surface area contributed by atoms with Gasteiger partial charge in [-0.2, -0.15) is 0 Å². The number of amides is 1. The second kappa shape index (κ2) is 5.92. The highest BCUT2D eigenvalue weighted by molar-refractivity contribution is 9.10. The van der Waals surface area contributed by atoms with Gasteiger partial charge < -0.3 is 14.6 Å². The van der Waals surface area contributed by atoms with Gasteiger partial charge in [0.05, 0.1) is 6.61 Å². The molecule has 84 valence electrons. The Kier molecular flexibility index (Phi) is 4.84. The lowest BCUT2D eigenvalue weighted by Gasteiger charge is -2.15. The lowest BCUT2D eigenvalue weighted by molar-refractivity contribution is 0.0705. The molecule has 1 heterocycles. The number of rotatable bonds is 5. The van der Waals surface area contributed by atoms with Crippen LogP contribution in [0.2, 0.25) is 0 Å². The Bertz CT molecular complexity index is 325. The molecule has 0 aliphatic rings. The van der Waals surface area contributed by atoms with Crippen LogP contribution in [0, 0.1) is 0 Å². The SMILES string of the molecule is CCOCCN(C)C(=O)c1cc(Br)c[nH]1. The van der Waals surface area contributed by atoms with Crippen molar-refractivity contribution in [2.75, 3.05) is 26.8 Å². The zero-order valence-electron chi connectivity index (χ0n) is 8.92. The van der Waals surface area contributed by atoms with Gasteiger partial charge in [-0.15, -0.1) is 0 Å². The first-order valence-corrected chi connectivity index (χ1v) is 5.61. The first-order chi connectivity index (χ1) is 7.15. The summed E-state index contributed by atoms with van der Waals surface area (Å²) in [6.45, 7) is 3.78. The Labute approximate surface area is 97.7 Å². The van der Waals surface area contributed by atoms with Crippen molar-refractivity contribution in [3.63, 3.8) is 0 Å². The van der Waals surface area contributed by atoms with E-state index in [1.807, 2.05) is 6.92 Å². The molecule has 0 saturated heterocycles. The average Bonchev–Trinajstić information content (AvgIpc) is 2.64. The molecule has 1 rings (SSSR count). The molecule has 4 nitrogen and oxygen atoms in total. The van der Waals surface area contributed by atoms with Crippen LogP contribution in [0.3, 0.4) is 0 Å². The smallest absolute Gasteiger partial charge is 0.270 e. The van der Waals surface area contributed by atoms with Gasteiger partial charge in [-0.3, -0.25) is 4.79 Å². The normalized spacial score (nSPS) is 10.3. The van der Waals surface area contributed by atoms with Crippen LogP contribution in [0.5, 0.6) is 0 Å². The van der Waals surface area contributed by atoms with Crippen molar-refractivity contribution >= 4 is 21.8 Å². The second-order valence-electron chi connectivity index (χ2n) is 3.16. The van der Waals surface area contributed by atoms with Gasteiger partial charge in [0, 0.05) is 30.9 Å². The average molecular weight is 275 g/mol. The monoisotopic (exact) mass is 274 g/mol. The molecule has 1 N–H and O–H groups in total. The van der Waals surface area contributed by atoms with Gasteiger partial charge in [0.25, 0.3) is 5.91 Å². The molecule has 1 aromatic rings. The molecule has 0 fully saturated rings. The Morgan fingerprint density at radius 3 is 2.93 bits per heavy atom. The van der Waals surface area contributed by atoms with Crippen LogP contribution < -0.4 is 0 Å². The van der Waals surface area contributed by atoms with Crippen molar-refractivity contribution in [2.45, 2.75) is 6.92 Å². The van der Waals surface area contributed by atoms with E-state index < -0.39 is 0 Å². The highest BCUT2D eigenvalue weighted by Crippen LogP contribution is 2.11. The molecular formula is C10H15BrN2O2. The molecule has 0 aliphatic heterocycles. The van der Waals surface area contributed by atoms with E-state index in [1.165, 1.54) is 0 Å². The van der Waals surface area contributed by atoms with Crippen LogP contribution in [0.1, 0.15) is 17.4 Å². The summed E-state index contributed by atoms with van der Waals surface area (Å²) in [6.07, 6.45) is 1.74. The van der Waals surface area contributed by atoms with Crippen molar-refractivity contribution in [1.29, 1.82) is 0 Å². The number of aromatic nitrogens is 1. The number of nitrogens with zero attached hydrogens (tertiary/aromatic N) is 1. The molecule has 0 aliphatic carbocycles. The molecule has 0 saturated carbocycles. The van der Waals surface area contributed by atoms with Crippen molar-refractivity contribution in [3.05, 3.63) is 22.4 Å². The Hall–Kier alpha value is -0.810. The Morgan fingerprint density at radius 1 is 1.67 bits per heavy atom. The fourth-order valence-corrected chi connectivity index (χ4v) is 1.49. The molecule has 0 unspecified atom stereocenters. The van der Waals surface area contributed by atoms with Crippen molar-refractivity contribution in [3.8, 4) is 0 Å². The summed E-state index contributed by atoms with van der Waals surface area (Å²) in [5.41, 5.74) is 0.584. The Balaban J connectivity index is 2.46. The lowest BCUT2D eigenvalue weighted by atomic mass is 10.4. The second-order valence-corrected chi connectivity index (χ2v) is 4.07. The predicted octanol–water partition coefficient (Wildman–Crippen LogP) is 1.89. The maximum atomic E-state index is 11.8. The van der Waals surface area contributed by atoms with Crippen LogP contribution in [0.4, 0.5) is 0 Å². The van der Waals surface area contributed by atoms with Gasteiger partial charge in [-0.1, -0.05) is 0 Å². The maximum Gasteiger partial charge on any atom is 0.270 e. The minimum absolute atomic E-state index is 0.0274. The number of nitrogens with one attached hydrogen (secondary N) is 1. The number of likely N-dealkylation sites (N-methyl/N-ethyl adjacent to an activating group) is 1. The minimum Gasteiger partial charge on any atom is -0.380 e. The summed E-state index contributed by atoms with van der Waals surface area (Å²) in [5, 5.41) is 0. The van der Waals surface area contributed by atoms with Crippen molar-refractivity contribution in [2.24, 2.45) is 0 Å². The van der Waals surface area contributed by atoms with Gasteiger partial charge >= 0.3 is 0 Å². The number of hydrogen-bond acceptors (Lipinski definition) is 2. The number of carbonyl (C=O) groups is 1. The fraction of sp³-hybridized carbons (Fsp3) is 0.500. The van der Waals surface area contributed by atoms with Gasteiger partial charge in [0.15, 0.2) is 0 Å². The largest absolute Gasteiger partial charge is 0.380 e. The first kappa shape index (κ1) is 12.3. The van der Waals surface area contributed by atoms with Crippen LogP contribution in [-0.4, -0.2) is 42.6 Å². The van der Waals surface area contributed by atoms with Crippen LogP contribution >= 0.6 is 15.9 Å². The lowest BCUT2D eigenvalue weighted by Crippen LogP contribution is -2.30. The van der Waals surface area contributed by atoms with Crippen molar-refractivity contribution < 1.29 is 9.53 Å². The summed E-state index contributed by atoms with van der Waals surface area (Å²) in [7, 11) is 1.76. The first-order valence-electron chi connectivity index (χ1n) is 4.82. The van der Waals surface area contributed by atoms with E-state index in [2.05, 4.69) is 20.9 Å². The van der Waals surface area contributed by atoms with E-state index in [0.717, 1.165) is 4.47 Å². The molecule has 0 bridgehead atoms. The highest BCUT2D eigenvalue weighted by Gasteiger charge is 2.12. The van der Waals surface area contributed by atoms with E-state index in [1.54, 1.807) is 24.2 Å². The standard InChI is InChI=1S/C10H15BrN2O2/c1-3-15-5-4-13(2)10(14)9-6-8(11)7-12-9/h6-7,12H,3-5H2,1-2H3. The number of hydrogen-bond donors (Lipinski definition) is 1. The number of aromatic amines is 1. The summed E-state index contributed by atoms with van der Waals surface area (Å²) in [6, 6.07) is 1.76. The third-order valence-electron chi connectivity index (χ3n) is 2.00. The van der Waals surface area contributed by atoms with Gasteiger partial charge in [-0.05, 0) is 28.9 Å². The number of H-pyrrole nitrogens is 1. The van der Waals surface area contributed by atoms with Crippen LogP contribution in [0.15, 0.2) is 16.7 Å². The van der Waals surface area contributed by atoms with Crippen LogP contribution in [-0.2, 0) is 4.74 Å². The topological polar surface area (TPSA) is 45.3 Å². The summed E-state index contributed by atoms with van der Waals surface area (Å²) < 4.78 is 6.06. The van der Waals surface area contributed by atoms with Gasteiger partial charge in [-0.25, -0.2) is 0 Å². The van der Waals surface area contributed by atoms with E-state index >= 15 is 0 Å².